The lowest BCUT2D eigenvalue weighted by atomic mass is 10.1. The number of hydrogen-bond acceptors (Lipinski definition) is 4. The van der Waals surface area contributed by atoms with Gasteiger partial charge in [-0.25, -0.2) is 12.7 Å². The number of carbonyl (C=O) groups excluding carboxylic acids is 2. The lowest BCUT2D eigenvalue weighted by Crippen LogP contribution is -2.30. The smallest absolute Gasteiger partial charge is 0.255 e. The molecule has 0 radical (unpaired) electrons. The van der Waals surface area contributed by atoms with Crippen molar-refractivity contribution in [2.75, 3.05) is 15.4 Å². The van der Waals surface area contributed by atoms with E-state index in [1.54, 1.807) is 13.0 Å². The van der Waals surface area contributed by atoms with Crippen LogP contribution in [0.5, 0.6) is 0 Å². The number of anilines is 2. The number of nitrogens with one attached hydrogen (secondary N) is 1. The van der Waals surface area contributed by atoms with Crippen molar-refractivity contribution >= 4 is 49.1 Å². The van der Waals surface area contributed by atoms with Gasteiger partial charge in [0.15, 0.2) is 0 Å². The number of carbonyl (C=O) groups is 2. The van der Waals surface area contributed by atoms with Gasteiger partial charge in [0.1, 0.15) is 0 Å². The summed E-state index contributed by atoms with van der Waals surface area (Å²) >= 11 is 3.40. The molecule has 26 heavy (non-hydrogen) atoms. The van der Waals surface area contributed by atoms with Gasteiger partial charge in [0, 0.05) is 10.0 Å². The molecule has 136 valence electrons. The van der Waals surface area contributed by atoms with E-state index in [-0.39, 0.29) is 17.3 Å². The topological polar surface area (TPSA) is 83.6 Å². The Bertz CT molecular complexity index is 987. The van der Waals surface area contributed by atoms with Gasteiger partial charge in [0.05, 0.1) is 23.0 Å². The minimum Gasteiger partial charge on any atom is -0.321 e. The molecule has 1 atom stereocenters. The molecular weight excluding hydrogens is 420 g/mol. The van der Waals surface area contributed by atoms with Gasteiger partial charge in [-0.1, -0.05) is 13.0 Å². The van der Waals surface area contributed by atoms with E-state index >= 15 is 0 Å². The molecule has 0 aliphatic carbocycles. The Kier molecular flexibility index (Phi) is 4.90. The van der Waals surface area contributed by atoms with Gasteiger partial charge in [-0.2, -0.15) is 0 Å². The zero-order chi connectivity index (χ0) is 19.1. The lowest BCUT2D eigenvalue weighted by Gasteiger charge is -2.15. The first-order valence-electron chi connectivity index (χ1n) is 7.93. The quantitative estimate of drug-likeness (QED) is 0.799. The molecule has 1 saturated heterocycles. The summed E-state index contributed by atoms with van der Waals surface area (Å²) in [5, 5.41) is 2.79. The highest BCUT2D eigenvalue weighted by Crippen LogP contribution is 2.29. The van der Waals surface area contributed by atoms with Crippen molar-refractivity contribution < 1.29 is 18.0 Å². The predicted octanol–water partition coefficient (Wildman–Crippen LogP) is 3.32. The summed E-state index contributed by atoms with van der Waals surface area (Å²) in [7, 11) is -3.65. The minimum absolute atomic E-state index is 0.199. The van der Waals surface area contributed by atoms with Crippen LogP contribution in [-0.2, 0) is 14.8 Å². The molecule has 0 bridgehead atoms. The normalized spacial score (nSPS) is 18.8. The van der Waals surface area contributed by atoms with E-state index < -0.39 is 21.8 Å². The first-order valence-corrected chi connectivity index (χ1v) is 10.3. The van der Waals surface area contributed by atoms with Crippen LogP contribution < -0.4 is 9.62 Å². The van der Waals surface area contributed by atoms with E-state index in [1.807, 2.05) is 19.1 Å². The van der Waals surface area contributed by atoms with Crippen LogP contribution in [0, 0.1) is 12.8 Å². The lowest BCUT2D eigenvalue weighted by molar-refractivity contribution is -0.119. The monoisotopic (exact) mass is 436 g/mol. The Morgan fingerprint density at radius 2 is 1.85 bits per heavy atom. The Hall–Kier alpha value is -2.19. The van der Waals surface area contributed by atoms with E-state index in [0.29, 0.717) is 11.3 Å². The van der Waals surface area contributed by atoms with Gasteiger partial charge in [-0.05, 0) is 64.8 Å². The molecule has 6 nitrogen and oxygen atoms in total. The van der Waals surface area contributed by atoms with Crippen LogP contribution in [0.25, 0.3) is 0 Å². The third-order valence-corrected chi connectivity index (χ3v) is 6.62. The number of halogens is 1. The van der Waals surface area contributed by atoms with E-state index in [0.717, 1.165) is 14.3 Å². The molecule has 1 aliphatic heterocycles. The molecule has 0 aromatic heterocycles. The second-order valence-corrected chi connectivity index (χ2v) is 8.98. The summed E-state index contributed by atoms with van der Waals surface area (Å²) in [4.78, 5) is 24.5. The fourth-order valence-electron chi connectivity index (χ4n) is 2.75. The summed E-state index contributed by atoms with van der Waals surface area (Å²) in [6.07, 6.45) is 0. The molecule has 2 aromatic rings. The highest BCUT2D eigenvalue weighted by Gasteiger charge is 2.41. The number of rotatable bonds is 3. The van der Waals surface area contributed by atoms with Crippen molar-refractivity contribution in [2.24, 2.45) is 5.92 Å². The minimum atomic E-state index is -3.65. The Morgan fingerprint density at radius 1 is 1.19 bits per heavy atom. The van der Waals surface area contributed by atoms with Crippen molar-refractivity contribution in [3.05, 3.63) is 58.1 Å². The second kappa shape index (κ2) is 6.85. The maximum atomic E-state index is 12.4. The molecule has 1 fully saturated rings. The van der Waals surface area contributed by atoms with Crippen molar-refractivity contribution in [3.8, 4) is 0 Å². The fraction of sp³-hybridized carbons (Fsp3) is 0.222. The number of amides is 2. The van der Waals surface area contributed by atoms with Crippen LogP contribution in [0.2, 0.25) is 0 Å². The summed E-state index contributed by atoms with van der Waals surface area (Å²) in [6, 6.07) is 11.5. The number of aryl methyl sites for hydroxylation is 1. The van der Waals surface area contributed by atoms with Crippen molar-refractivity contribution in [3.63, 3.8) is 0 Å². The third-order valence-electron chi connectivity index (χ3n) is 4.10. The van der Waals surface area contributed by atoms with Crippen molar-refractivity contribution in [1.82, 2.24) is 0 Å². The maximum Gasteiger partial charge on any atom is 0.255 e. The Labute approximate surface area is 160 Å². The van der Waals surface area contributed by atoms with E-state index in [1.165, 1.54) is 24.3 Å². The van der Waals surface area contributed by atoms with Gasteiger partial charge in [0.2, 0.25) is 15.9 Å². The number of sulfonamides is 1. The summed E-state index contributed by atoms with van der Waals surface area (Å²) in [5.74, 6) is -1.55. The van der Waals surface area contributed by atoms with Crippen molar-refractivity contribution in [2.45, 2.75) is 13.8 Å². The number of nitrogens with zero attached hydrogens (tertiary/aromatic N) is 1. The zero-order valence-electron chi connectivity index (χ0n) is 14.2. The first-order chi connectivity index (χ1) is 12.2. The molecule has 0 saturated carbocycles. The molecule has 1 heterocycles. The third kappa shape index (κ3) is 3.52. The van der Waals surface area contributed by atoms with Crippen LogP contribution in [0.3, 0.4) is 0 Å². The number of hydrogen-bond donors (Lipinski definition) is 1. The molecule has 3 rings (SSSR count). The van der Waals surface area contributed by atoms with Crippen LogP contribution in [-0.4, -0.2) is 26.0 Å². The SMILES string of the molecule is Cc1ccc(NC(=O)c2ccc(N3C(=O)C(C)CS3(=O)=O)cc2)c(Br)c1. The van der Waals surface area contributed by atoms with Crippen LogP contribution >= 0.6 is 15.9 Å². The van der Waals surface area contributed by atoms with Gasteiger partial charge < -0.3 is 5.32 Å². The highest BCUT2D eigenvalue weighted by molar-refractivity contribution is 9.10. The molecular formula is C18H17BrN2O4S. The van der Waals surface area contributed by atoms with Crippen LogP contribution in [0.1, 0.15) is 22.8 Å². The largest absolute Gasteiger partial charge is 0.321 e. The number of benzene rings is 2. The van der Waals surface area contributed by atoms with E-state index in [9.17, 15) is 18.0 Å². The Morgan fingerprint density at radius 3 is 2.38 bits per heavy atom. The molecule has 1 unspecified atom stereocenters. The van der Waals surface area contributed by atoms with Crippen molar-refractivity contribution in [1.29, 1.82) is 0 Å². The first kappa shape index (κ1) is 18.6. The molecule has 2 amide bonds. The van der Waals surface area contributed by atoms with Gasteiger partial charge >= 0.3 is 0 Å². The highest BCUT2D eigenvalue weighted by atomic mass is 79.9. The summed E-state index contributed by atoms with van der Waals surface area (Å²) in [5.41, 5.74) is 2.30. The van der Waals surface area contributed by atoms with Crippen LogP contribution in [0.15, 0.2) is 46.9 Å². The van der Waals surface area contributed by atoms with Crippen LogP contribution in [0.4, 0.5) is 11.4 Å². The maximum absolute atomic E-state index is 12.4. The van der Waals surface area contributed by atoms with Gasteiger partial charge in [-0.3, -0.25) is 9.59 Å². The van der Waals surface area contributed by atoms with Gasteiger partial charge in [-0.15, -0.1) is 0 Å². The zero-order valence-corrected chi connectivity index (χ0v) is 16.6. The fourth-order valence-corrected chi connectivity index (χ4v) is 5.16. The van der Waals surface area contributed by atoms with E-state index in [4.69, 9.17) is 0 Å². The summed E-state index contributed by atoms with van der Waals surface area (Å²) < 4.78 is 25.8. The Balaban J connectivity index is 1.81. The predicted molar refractivity (Wildman–Crippen MR) is 104 cm³/mol. The molecule has 2 aromatic carbocycles. The molecule has 1 aliphatic rings. The second-order valence-electron chi connectivity index (χ2n) is 6.27. The standard InChI is InChI=1S/C18H17BrN2O4S/c1-11-3-8-16(15(19)9-11)20-17(22)13-4-6-14(7-5-13)21-18(23)12(2)10-26(21,24)25/h3-9,12H,10H2,1-2H3,(H,20,22). The summed E-state index contributed by atoms with van der Waals surface area (Å²) in [6.45, 7) is 3.53. The molecule has 8 heteroatoms. The molecule has 1 N–H and O–H groups in total. The van der Waals surface area contributed by atoms with E-state index in [2.05, 4.69) is 21.2 Å². The average Bonchev–Trinajstić information content (AvgIpc) is 2.77. The molecule has 0 spiro atoms. The van der Waals surface area contributed by atoms with Gasteiger partial charge in [0.25, 0.3) is 5.91 Å². The average molecular weight is 437 g/mol.